The molecule has 0 fully saturated rings. The normalized spacial score (nSPS) is 10.3. The van der Waals surface area contributed by atoms with Crippen molar-refractivity contribution in [3.05, 3.63) is 56.6 Å². The molecule has 0 amide bonds. The molecule has 2 aromatic rings. The van der Waals surface area contributed by atoms with E-state index in [0.29, 0.717) is 21.9 Å². The number of nitrogens with zero attached hydrogens (tertiary/aromatic N) is 1. The summed E-state index contributed by atoms with van der Waals surface area (Å²) in [4.78, 5) is 21.6. The molecule has 2 rings (SSSR count). The standard InChI is InChI=1S/C15H12ClNO5/c1-8-3-5-11(14(22-2)13(8)16)10-6-4-9(17(20)21)7-12(10)15(18)19/h3-7H,1-2H3,(H,18,19). The maximum Gasteiger partial charge on any atom is 0.336 e. The monoisotopic (exact) mass is 321 g/mol. The molecular weight excluding hydrogens is 310 g/mol. The highest BCUT2D eigenvalue weighted by Gasteiger charge is 2.21. The van der Waals surface area contributed by atoms with Crippen LogP contribution in [0.3, 0.4) is 0 Å². The van der Waals surface area contributed by atoms with E-state index in [1.807, 2.05) is 0 Å². The van der Waals surface area contributed by atoms with Crippen molar-refractivity contribution in [3.63, 3.8) is 0 Å². The Morgan fingerprint density at radius 3 is 2.45 bits per heavy atom. The Kier molecular flexibility index (Phi) is 4.32. The maximum absolute atomic E-state index is 11.4. The summed E-state index contributed by atoms with van der Waals surface area (Å²) in [7, 11) is 1.43. The number of nitro groups is 1. The van der Waals surface area contributed by atoms with Crippen molar-refractivity contribution in [1.82, 2.24) is 0 Å². The first kappa shape index (κ1) is 15.8. The Hall–Kier alpha value is -2.60. The fourth-order valence-corrected chi connectivity index (χ4v) is 2.37. The molecule has 0 saturated carbocycles. The molecule has 0 aliphatic carbocycles. The number of benzene rings is 2. The first-order valence-electron chi connectivity index (χ1n) is 6.22. The molecule has 0 saturated heterocycles. The highest BCUT2D eigenvalue weighted by Crippen LogP contribution is 2.40. The lowest BCUT2D eigenvalue weighted by Gasteiger charge is -2.14. The zero-order chi connectivity index (χ0) is 16.4. The molecule has 0 radical (unpaired) electrons. The van der Waals surface area contributed by atoms with Crippen LogP contribution in [0, 0.1) is 17.0 Å². The lowest BCUT2D eigenvalue weighted by atomic mass is 9.97. The van der Waals surface area contributed by atoms with Gasteiger partial charge in [0.1, 0.15) is 5.75 Å². The summed E-state index contributed by atoms with van der Waals surface area (Å²) in [5, 5.41) is 20.5. The largest absolute Gasteiger partial charge is 0.495 e. The summed E-state index contributed by atoms with van der Waals surface area (Å²) < 4.78 is 5.27. The van der Waals surface area contributed by atoms with Crippen LogP contribution in [0.4, 0.5) is 5.69 Å². The van der Waals surface area contributed by atoms with E-state index in [4.69, 9.17) is 16.3 Å². The van der Waals surface area contributed by atoms with Gasteiger partial charge in [-0.25, -0.2) is 4.79 Å². The number of aromatic carboxylic acids is 1. The number of carboxylic acid groups (broad SMARTS) is 1. The van der Waals surface area contributed by atoms with E-state index < -0.39 is 10.9 Å². The van der Waals surface area contributed by atoms with Crippen molar-refractivity contribution in [1.29, 1.82) is 0 Å². The maximum atomic E-state index is 11.4. The molecule has 0 bridgehead atoms. The summed E-state index contributed by atoms with van der Waals surface area (Å²) in [6.45, 7) is 1.79. The van der Waals surface area contributed by atoms with Gasteiger partial charge in [0.2, 0.25) is 0 Å². The van der Waals surface area contributed by atoms with Gasteiger partial charge in [-0.05, 0) is 18.6 Å². The van der Waals surface area contributed by atoms with Gasteiger partial charge >= 0.3 is 5.97 Å². The third-order valence-corrected chi connectivity index (χ3v) is 3.70. The number of carboxylic acids is 1. The number of ether oxygens (including phenoxy) is 1. The van der Waals surface area contributed by atoms with Crippen LogP contribution >= 0.6 is 11.6 Å². The summed E-state index contributed by atoms with van der Waals surface area (Å²) >= 11 is 6.18. The van der Waals surface area contributed by atoms with Gasteiger partial charge in [-0.1, -0.05) is 23.7 Å². The highest BCUT2D eigenvalue weighted by atomic mass is 35.5. The van der Waals surface area contributed by atoms with Crippen LogP contribution in [0.5, 0.6) is 5.75 Å². The Labute approximate surface area is 131 Å². The van der Waals surface area contributed by atoms with Crippen LogP contribution in [0.2, 0.25) is 5.02 Å². The molecule has 0 aliphatic rings. The number of hydrogen-bond acceptors (Lipinski definition) is 4. The first-order valence-corrected chi connectivity index (χ1v) is 6.59. The number of carbonyl (C=O) groups is 1. The van der Waals surface area contributed by atoms with Crippen LogP contribution in [0.25, 0.3) is 11.1 Å². The quantitative estimate of drug-likeness (QED) is 0.680. The van der Waals surface area contributed by atoms with Crippen molar-refractivity contribution >= 4 is 23.3 Å². The lowest BCUT2D eigenvalue weighted by molar-refractivity contribution is -0.384. The molecule has 0 unspecified atom stereocenters. The summed E-state index contributed by atoms with van der Waals surface area (Å²) in [6, 6.07) is 7.05. The Morgan fingerprint density at radius 2 is 1.91 bits per heavy atom. The number of halogens is 1. The Bertz CT molecular complexity index is 773. The third-order valence-electron chi connectivity index (χ3n) is 3.23. The van der Waals surface area contributed by atoms with E-state index in [2.05, 4.69) is 0 Å². The van der Waals surface area contributed by atoms with Crippen molar-refractivity contribution in [2.75, 3.05) is 7.11 Å². The van der Waals surface area contributed by atoms with Gasteiger partial charge in [0.05, 0.1) is 22.6 Å². The molecule has 1 N–H and O–H groups in total. The van der Waals surface area contributed by atoms with E-state index in [1.54, 1.807) is 19.1 Å². The van der Waals surface area contributed by atoms with E-state index in [1.165, 1.54) is 19.2 Å². The third kappa shape index (κ3) is 2.73. The van der Waals surface area contributed by atoms with Crippen LogP contribution in [-0.2, 0) is 0 Å². The molecule has 2 aromatic carbocycles. The lowest BCUT2D eigenvalue weighted by Crippen LogP contribution is -2.02. The number of hydrogen-bond donors (Lipinski definition) is 1. The minimum absolute atomic E-state index is 0.188. The van der Waals surface area contributed by atoms with Gasteiger partial charge in [-0.3, -0.25) is 10.1 Å². The second-order valence-electron chi connectivity index (χ2n) is 4.57. The van der Waals surface area contributed by atoms with Crippen molar-refractivity contribution in [2.45, 2.75) is 6.92 Å². The number of aryl methyl sites for hydroxylation is 1. The van der Waals surface area contributed by atoms with Crippen molar-refractivity contribution in [3.8, 4) is 16.9 Å². The minimum Gasteiger partial charge on any atom is -0.495 e. The molecule has 7 heteroatoms. The molecular formula is C15H12ClNO5. The summed E-state index contributed by atoms with van der Waals surface area (Å²) in [5.41, 5.74) is 1.06. The number of rotatable bonds is 4. The zero-order valence-electron chi connectivity index (χ0n) is 11.8. The number of nitro benzene ring substituents is 1. The van der Waals surface area contributed by atoms with E-state index in [-0.39, 0.29) is 11.3 Å². The second-order valence-corrected chi connectivity index (χ2v) is 4.95. The molecule has 0 heterocycles. The van der Waals surface area contributed by atoms with Gasteiger partial charge in [0, 0.05) is 23.3 Å². The summed E-state index contributed by atoms with van der Waals surface area (Å²) in [5.74, 6) is -0.935. The first-order chi connectivity index (χ1) is 10.4. The fourth-order valence-electron chi connectivity index (χ4n) is 2.12. The second kappa shape index (κ2) is 6.03. The van der Waals surface area contributed by atoms with E-state index in [0.717, 1.165) is 11.6 Å². The van der Waals surface area contributed by atoms with Crippen molar-refractivity contribution in [2.24, 2.45) is 0 Å². The van der Waals surface area contributed by atoms with Gasteiger partial charge in [-0.2, -0.15) is 0 Å². The molecule has 0 atom stereocenters. The van der Waals surface area contributed by atoms with Gasteiger partial charge in [-0.15, -0.1) is 0 Å². The van der Waals surface area contributed by atoms with Gasteiger partial charge in [0.15, 0.2) is 0 Å². The topological polar surface area (TPSA) is 89.7 Å². The predicted octanol–water partition coefficient (Wildman–Crippen LogP) is 3.93. The highest BCUT2D eigenvalue weighted by molar-refractivity contribution is 6.33. The SMILES string of the molecule is COc1c(-c2ccc([N+](=O)[O-])cc2C(=O)O)ccc(C)c1Cl. The fraction of sp³-hybridized carbons (Fsp3) is 0.133. The van der Waals surface area contributed by atoms with Crippen molar-refractivity contribution < 1.29 is 19.6 Å². The van der Waals surface area contributed by atoms with E-state index in [9.17, 15) is 20.0 Å². The molecule has 0 spiro atoms. The summed E-state index contributed by atoms with van der Waals surface area (Å²) in [6.07, 6.45) is 0. The van der Waals surface area contributed by atoms with Gasteiger partial charge in [0.25, 0.3) is 5.69 Å². The van der Waals surface area contributed by atoms with Crippen LogP contribution in [0.15, 0.2) is 30.3 Å². The Balaban J connectivity index is 2.75. The predicted molar refractivity (Wildman–Crippen MR) is 81.8 cm³/mol. The smallest absolute Gasteiger partial charge is 0.336 e. The zero-order valence-corrected chi connectivity index (χ0v) is 12.5. The average molecular weight is 322 g/mol. The van der Waals surface area contributed by atoms with Crippen LogP contribution in [-0.4, -0.2) is 23.1 Å². The van der Waals surface area contributed by atoms with Crippen LogP contribution in [0.1, 0.15) is 15.9 Å². The molecule has 6 nitrogen and oxygen atoms in total. The number of methoxy groups -OCH3 is 1. The molecule has 114 valence electrons. The molecule has 0 aromatic heterocycles. The molecule has 0 aliphatic heterocycles. The minimum atomic E-state index is -1.27. The number of non-ortho nitro benzene ring substituents is 1. The average Bonchev–Trinajstić information content (AvgIpc) is 2.49. The van der Waals surface area contributed by atoms with Gasteiger partial charge < -0.3 is 9.84 Å². The molecule has 22 heavy (non-hydrogen) atoms. The Morgan fingerprint density at radius 1 is 1.27 bits per heavy atom. The van der Waals surface area contributed by atoms with E-state index >= 15 is 0 Å². The van der Waals surface area contributed by atoms with Crippen LogP contribution < -0.4 is 4.74 Å².